The summed E-state index contributed by atoms with van der Waals surface area (Å²) in [5, 5.41) is 2.89. The smallest absolute Gasteiger partial charge is 0.240 e. The van der Waals surface area contributed by atoms with E-state index in [1.165, 1.54) is 0 Å². The van der Waals surface area contributed by atoms with Crippen LogP contribution in [0.4, 0.5) is 0 Å². The monoisotopic (exact) mass is 326 g/mol. The molecule has 0 aliphatic carbocycles. The minimum Gasteiger partial charge on any atom is -0.492 e. The third-order valence-electron chi connectivity index (χ3n) is 3.46. The maximum Gasteiger partial charge on any atom is 0.240 e. The fourth-order valence-electron chi connectivity index (χ4n) is 2.14. The molecule has 1 heterocycles. The van der Waals surface area contributed by atoms with E-state index in [0.717, 1.165) is 23.3 Å². The second-order valence-corrected chi connectivity index (χ2v) is 6.02. The summed E-state index contributed by atoms with van der Waals surface area (Å²) in [6, 6.07) is 7.76. The summed E-state index contributed by atoms with van der Waals surface area (Å²) in [5.74, 6) is 0.935. The third-order valence-corrected chi connectivity index (χ3v) is 3.99. The number of hydrogen-bond acceptors (Lipinski definition) is 3. The third kappa shape index (κ3) is 3.48. The molecule has 0 unspecified atom stereocenters. The van der Waals surface area contributed by atoms with Crippen LogP contribution in [0, 0.1) is 0 Å². The number of rotatable bonds is 4. The van der Waals surface area contributed by atoms with E-state index in [1.807, 2.05) is 38.1 Å². The molecule has 1 saturated heterocycles. The highest BCUT2D eigenvalue weighted by Crippen LogP contribution is 2.18. The molecular formula is C14H19BrN2O2. The lowest BCUT2D eigenvalue weighted by Crippen LogP contribution is -2.62. The van der Waals surface area contributed by atoms with E-state index < -0.39 is 5.54 Å². The lowest BCUT2D eigenvalue weighted by atomic mass is 9.99. The highest BCUT2D eigenvalue weighted by Gasteiger charge is 2.37. The minimum atomic E-state index is -0.457. The first-order valence-electron chi connectivity index (χ1n) is 6.42. The van der Waals surface area contributed by atoms with Crippen LogP contribution in [0.15, 0.2) is 28.7 Å². The molecule has 104 valence electrons. The molecule has 1 aliphatic rings. The van der Waals surface area contributed by atoms with E-state index >= 15 is 0 Å². The van der Waals surface area contributed by atoms with E-state index in [2.05, 4.69) is 26.1 Å². The Bertz CT molecular complexity index is 445. The van der Waals surface area contributed by atoms with Crippen molar-refractivity contribution >= 4 is 21.8 Å². The fourth-order valence-corrected chi connectivity index (χ4v) is 2.40. The normalized spacial score (nSPS) is 19.0. The van der Waals surface area contributed by atoms with Crippen molar-refractivity contribution in [2.75, 3.05) is 26.2 Å². The van der Waals surface area contributed by atoms with Crippen LogP contribution < -0.4 is 10.1 Å². The van der Waals surface area contributed by atoms with Crippen LogP contribution in [0.3, 0.4) is 0 Å². The summed E-state index contributed by atoms with van der Waals surface area (Å²) in [6.07, 6.45) is 0. The molecule has 0 bridgehead atoms. The summed E-state index contributed by atoms with van der Waals surface area (Å²) in [7, 11) is 0. The van der Waals surface area contributed by atoms with Crippen molar-refractivity contribution in [3.05, 3.63) is 28.7 Å². The van der Waals surface area contributed by atoms with Gasteiger partial charge in [-0.25, -0.2) is 0 Å². The fraction of sp³-hybridized carbons (Fsp3) is 0.500. The molecule has 1 aromatic rings. The van der Waals surface area contributed by atoms with Gasteiger partial charge in [0.1, 0.15) is 12.4 Å². The molecule has 4 nitrogen and oxygen atoms in total. The Balaban J connectivity index is 1.85. The maximum atomic E-state index is 11.8. The van der Waals surface area contributed by atoms with Gasteiger partial charge in [-0.1, -0.05) is 15.9 Å². The number of halogens is 1. The molecule has 0 atom stereocenters. The van der Waals surface area contributed by atoms with Gasteiger partial charge in [0, 0.05) is 24.1 Å². The average molecular weight is 327 g/mol. The summed E-state index contributed by atoms with van der Waals surface area (Å²) in [4.78, 5) is 14.0. The van der Waals surface area contributed by atoms with Gasteiger partial charge in [-0.3, -0.25) is 9.69 Å². The molecule has 1 aliphatic heterocycles. The van der Waals surface area contributed by atoms with Crippen molar-refractivity contribution in [2.24, 2.45) is 0 Å². The van der Waals surface area contributed by atoms with Crippen molar-refractivity contribution in [3.8, 4) is 5.75 Å². The molecule has 5 heteroatoms. The Morgan fingerprint density at radius 3 is 2.74 bits per heavy atom. The molecule has 19 heavy (non-hydrogen) atoms. The summed E-state index contributed by atoms with van der Waals surface area (Å²) in [6.45, 7) is 6.79. The number of amides is 1. The van der Waals surface area contributed by atoms with E-state index in [4.69, 9.17) is 4.74 Å². The van der Waals surface area contributed by atoms with Crippen molar-refractivity contribution in [1.82, 2.24) is 10.2 Å². The van der Waals surface area contributed by atoms with Crippen LogP contribution in [0.5, 0.6) is 5.75 Å². The second kappa shape index (κ2) is 5.92. The summed E-state index contributed by atoms with van der Waals surface area (Å²) < 4.78 is 6.73. The number of benzene rings is 1. The molecule has 1 aromatic carbocycles. The van der Waals surface area contributed by atoms with Crippen molar-refractivity contribution in [2.45, 2.75) is 19.4 Å². The summed E-state index contributed by atoms with van der Waals surface area (Å²) in [5.41, 5.74) is -0.457. The van der Waals surface area contributed by atoms with Gasteiger partial charge < -0.3 is 10.1 Å². The van der Waals surface area contributed by atoms with E-state index in [1.54, 1.807) is 0 Å². The Morgan fingerprint density at radius 2 is 2.05 bits per heavy atom. The van der Waals surface area contributed by atoms with Crippen LogP contribution in [0.2, 0.25) is 0 Å². The zero-order valence-corrected chi connectivity index (χ0v) is 12.9. The molecule has 0 radical (unpaired) electrons. The van der Waals surface area contributed by atoms with E-state index in [0.29, 0.717) is 13.2 Å². The van der Waals surface area contributed by atoms with Gasteiger partial charge in [-0.2, -0.15) is 0 Å². The van der Waals surface area contributed by atoms with Gasteiger partial charge in [0.15, 0.2) is 0 Å². The SMILES string of the molecule is CC1(C)C(=O)NCCN1CCOc1ccc(Br)cc1. The van der Waals surface area contributed by atoms with Crippen molar-refractivity contribution < 1.29 is 9.53 Å². The number of carbonyl (C=O) groups is 1. The van der Waals surface area contributed by atoms with E-state index in [-0.39, 0.29) is 5.91 Å². The molecule has 1 N–H and O–H groups in total. The van der Waals surface area contributed by atoms with Gasteiger partial charge in [0.25, 0.3) is 0 Å². The van der Waals surface area contributed by atoms with E-state index in [9.17, 15) is 4.79 Å². The first-order valence-corrected chi connectivity index (χ1v) is 7.21. The first kappa shape index (κ1) is 14.3. The lowest BCUT2D eigenvalue weighted by molar-refractivity contribution is -0.135. The average Bonchev–Trinajstić information content (AvgIpc) is 2.37. The number of ether oxygens (including phenoxy) is 1. The molecule has 0 saturated carbocycles. The standard InChI is InChI=1S/C14H19BrN2O2/c1-14(2)13(18)16-7-8-17(14)9-10-19-12-5-3-11(15)4-6-12/h3-6H,7-10H2,1-2H3,(H,16,18). The Morgan fingerprint density at radius 1 is 1.37 bits per heavy atom. The molecule has 1 amide bonds. The predicted octanol–water partition coefficient (Wildman–Crippen LogP) is 2.04. The molecule has 0 spiro atoms. The predicted molar refractivity (Wildman–Crippen MR) is 78.3 cm³/mol. The lowest BCUT2D eigenvalue weighted by Gasteiger charge is -2.41. The molecule has 0 aromatic heterocycles. The molecule has 2 rings (SSSR count). The zero-order valence-electron chi connectivity index (χ0n) is 11.3. The van der Waals surface area contributed by atoms with Crippen LogP contribution in [0.25, 0.3) is 0 Å². The Hall–Kier alpha value is -1.07. The number of piperazine rings is 1. The van der Waals surface area contributed by atoms with Crippen molar-refractivity contribution in [1.29, 1.82) is 0 Å². The number of hydrogen-bond donors (Lipinski definition) is 1. The molecule has 1 fully saturated rings. The minimum absolute atomic E-state index is 0.0855. The second-order valence-electron chi connectivity index (χ2n) is 5.10. The quantitative estimate of drug-likeness (QED) is 0.920. The maximum absolute atomic E-state index is 11.8. The number of nitrogens with zero attached hydrogens (tertiary/aromatic N) is 1. The van der Waals surface area contributed by atoms with Gasteiger partial charge >= 0.3 is 0 Å². The van der Waals surface area contributed by atoms with Crippen LogP contribution in [0.1, 0.15) is 13.8 Å². The van der Waals surface area contributed by atoms with Gasteiger partial charge in [-0.05, 0) is 38.1 Å². The summed E-state index contributed by atoms with van der Waals surface area (Å²) >= 11 is 3.39. The van der Waals surface area contributed by atoms with Crippen LogP contribution >= 0.6 is 15.9 Å². The first-order chi connectivity index (χ1) is 9.00. The number of carbonyl (C=O) groups excluding carboxylic acids is 1. The van der Waals surface area contributed by atoms with Gasteiger partial charge in [0.05, 0.1) is 5.54 Å². The Kier molecular flexibility index (Phi) is 4.47. The van der Waals surface area contributed by atoms with Crippen LogP contribution in [-0.2, 0) is 4.79 Å². The highest BCUT2D eigenvalue weighted by atomic mass is 79.9. The molecular weight excluding hydrogens is 308 g/mol. The highest BCUT2D eigenvalue weighted by molar-refractivity contribution is 9.10. The largest absolute Gasteiger partial charge is 0.492 e. The van der Waals surface area contributed by atoms with Crippen LogP contribution in [-0.4, -0.2) is 42.6 Å². The Labute approximate surface area is 122 Å². The topological polar surface area (TPSA) is 41.6 Å². The van der Waals surface area contributed by atoms with Crippen molar-refractivity contribution in [3.63, 3.8) is 0 Å². The van der Waals surface area contributed by atoms with Gasteiger partial charge in [0.2, 0.25) is 5.91 Å². The number of nitrogens with one attached hydrogen (secondary N) is 1. The zero-order chi connectivity index (χ0) is 13.9. The van der Waals surface area contributed by atoms with Gasteiger partial charge in [-0.15, -0.1) is 0 Å².